The summed E-state index contributed by atoms with van der Waals surface area (Å²) in [6.07, 6.45) is 0. The summed E-state index contributed by atoms with van der Waals surface area (Å²) >= 11 is 5.78. The molecule has 2 rings (SSSR count). The number of sulfonamides is 1. The first kappa shape index (κ1) is 20.2. The highest BCUT2D eigenvalue weighted by atomic mass is 35.5. The van der Waals surface area contributed by atoms with Crippen molar-refractivity contribution in [3.05, 3.63) is 59.1 Å². The van der Waals surface area contributed by atoms with Gasteiger partial charge in [0.1, 0.15) is 0 Å². The standard InChI is InChI=1S/C18H22ClN3O3S/c1-21(2)16-8-4-14(5-9-16)12-20-18(23)13-22(3)26(24,25)17-10-6-15(19)7-11-17/h4-11H,12-13H2,1-3H3,(H,20,23). The van der Waals surface area contributed by atoms with Crippen molar-refractivity contribution in [1.82, 2.24) is 9.62 Å². The molecule has 2 aromatic rings. The van der Waals surface area contributed by atoms with Crippen molar-refractivity contribution in [2.75, 3.05) is 32.6 Å². The van der Waals surface area contributed by atoms with Crippen LogP contribution in [0.4, 0.5) is 5.69 Å². The van der Waals surface area contributed by atoms with E-state index in [4.69, 9.17) is 11.6 Å². The summed E-state index contributed by atoms with van der Waals surface area (Å²) in [7, 11) is 1.53. The molecule has 0 saturated heterocycles. The lowest BCUT2D eigenvalue weighted by molar-refractivity contribution is -0.121. The van der Waals surface area contributed by atoms with Gasteiger partial charge in [-0.2, -0.15) is 4.31 Å². The minimum atomic E-state index is -3.74. The van der Waals surface area contributed by atoms with E-state index in [9.17, 15) is 13.2 Å². The van der Waals surface area contributed by atoms with E-state index in [0.717, 1.165) is 15.6 Å². The van der Waals surface area contributed by atoms with Gasteiger partial charge in [0.15, 0.2) is 0 Å². The maximum absolute atomic E-state index is 12.5. The second-order valence-corrected chi connectivity index (χ2v) is 8.53. The molecule has 0 radical (unpaired) electrons. The Kier molecular flexibility index (Phi) is 6.63. The number of hydrogen-bond acceptors (Lipinski definition) is 4. The van der Waals surface area contributed by atoms with Gasteiger partial charge < -0.3 is 10.2 Å². The van der Waals surface area contributed by atoms with E-state index in [1.165, 1.54) is 31.3 Å². The van der Waals surface area contributed by atoms with Crippen LogP contribution < -0.4 is 10.2 Å². The van der Waals surface area contributed by atoms with Crippen LogP contribution in [0.25, 0.3) is 0 Å². The molecule has 6 nitrogen and oxygen atoms in total. The molecule has 0 bridgehead atoms. The molecule has 0 atom stereocenters. The van der Waals surface area contributed by atoms with Crippen molar-refractivity contribution >= 4 is 33.2 Å². The highest BCUT2D eigenvalue weighted by Crippen LogP contribution is 2.17. The third-order valence-electron chi connectivity index (χ3n) is 3.83. The van der Waals surface area contributed by atoms with Crippen LogP contribution in [0.5, 0.6) is 0 Å². The monoisotopic (exact) mass is 395 g/mol. The first-order chi connectivity index (χ1) is 12.2. The topological polar surface area (TPSA) is 69.7 Å². The molecule has 0 fully saturated rings. The number of likely N-dealkylation sites (N-methyl/N-ethyl adjacent to an activating group) is 1. The number of rotatable bonds is 7. The smallest absolute Gasteiger partial charge is 0.243 e. The molecule has 0 spiro atoms. The number of nitrogens with one attached hydrogen (secondary N) is 1. The third kappa shape index (κ3) is 5.20. The Hall–Kier alpha value is -2.09. The first-order valence-corrected chi connectivity index (χ1v) is 9.77. The van der Waals surface area contributed by atoms with E-state index in [-0.39, 0.29) is 17.3 Å². The molecule has 0 aliphatic rings. The van der Waals surface area contributed by atoms with Crippen LogP contribution >= 0.6 is 11.6 Å². The zero-order valence-corrected chi connectivity index (χ0v) is 16.5. The van der Waals surface area contributed by atoms with Crippen LogP contribution in [-0.2, 0) is 21.4 Å². The highest BCUT2D eigenvalue weighted by Gasteiger charge is 2.22. The van der Waals surface area contributed by atoms with Crippen molar-refractivity contribution in [3.63, 3.8) is 0 Å². The Morgan fingerprint density at radius 3 is 2.12 bits per heavy atom. The number of benzene rings is 2. The molecule has 0 aromatic heterocycles. The quantitative estimate of drug-likeness (QED) is 0.781. The van der Waals surface area contributed by atoms with E-state index in [2.05, 4.69) is 5.32 Å². The summed E-state index contributed by atoms with van der Waals surface area (Å²) < 4.78 is 25.9. The van der Waals surface area contributed by atoms with Gasteiger partial charge >= 0.3 is 0 Å². The average Bonchev–Trinajstić information content (AvgIpc) is 2.60. The summed E-state index contributed by atoms with van der Waals surface area (Å²) in [6.45, 7) is 0.0715. The Morgan fingerprint density at radius 1 is 1.00 bits per heavy atom. The molecule has 1 amide bonds. The number of nitrogens with zero attached hydrogens (tertiary/aromatic N) is 2. The molecule has 0 saturated carbocycles. The Morgan fingerprint density at radius 2 is 1.58 bits per heavy atom. The summed E-state index contributed by atoms with van der Waals surface area (Å²) in [5.41, 5.74) is 2.00. The second-order valence-electron chi connectivity index (χ2n) is 6.05. The maximum atomic E-state index is 12.5. The third-order valence-corrected chi connectivity index (χ3v) is 5.90. The number of halogens is 1. The number of hydrogen-bond donors (Lipinski definition) is 1. The SMILES string of the molecule is CN(C)c1ccc(CNC(=O)CN(C)S(=O)(=O)c2ccc(Cl)cc2)cc1. The van der Waals surface area contributed by atoms with Crippen LogP contribution in [0.2, 0.25) is 5.02 Å². The Bertz CT molecular complexity index is 850. The zero-order chi connectivity index (χ0) is 19.3. The zero-order valence-electron chi connectivity index (χ0n) is 14.9. The van der Waals surface area contributed by atoms with E-state index >= 15 is 0 Å². The van der Waals surface area contributed by atoms with Crippen LogP contribution in [0.1, 0.15) is 5.56 Å². The van der Waals surface area contributed by atoms with Crippen molar-refractivity contribution in [2.24, 2.45) is 0 Å². The number of amides is 1. The van der Waals surface area contributed by atoms with Crippen molar-refractivity contribution in [1.29, 1.82) is 0 Å². The number of carbonyl (C=O) groups excluding carboxylic acids is 1. The largest absolute Gasteiger partial charge is 0.378 e. The summed E-state index contributed by atoms with van der Waals surface area (Å²) in [6, 6.07) is 13.6. The lowest BCUT2D eigenvalue weighted by Crippen LogP contribution is -2.38. The predicted molar refractivity (Wildman–Crippen MR) is 104 cm³/mol. The van der Waals surface area contributed by atoms with E-state index in [1.54, 1.807) is 0 Å². The van der Waals surface area contributed by atoms with Gasteiger partial charge in [0, 0.05) is 38.4 Å². The van der Waals surface area contributed by atoms with E-state index < -0.39 is 10.0 Å². The highest BCUT2D eigenvalue weighted by molar-refractivity contribution is 7.89. The van der Waals surface area contributed by atoms with Gasteiger partial charge in [-0.25, -0.2) is 8.42 Å². The lowest BCUT2D eigenvalue weighted by atomic mass is 10.2. The molecule has 2 aromatic carbocycles. The normalized spacial score (nSPS) is 11.4. The summed E-state index contributed by atoms with van der Waals surface area (Å²) in [4.78, 5) is 14.2. The minimum absolute atomic E-state index is 0.0940. The van der Waals surface area contributed by atoms with Gasteiger partial charge in [0.25, 0.3) is 0 Å². The van der Waals surface area contributed by atoms with Gasteiger partial charge in [-0.05, 0) is 42.0 Å². The van der Waals surface area contributed by atoms with Crippen molar-refractivity contribution < 1.29 is 13.2 Å². The molecule has 0 aliphatic carbocycles. The molecule has 140 valence electrons. The summed E-state index contributed by atoms with van der Waals surface area (Å²) in [5, 5.41) is 3.18. The molecule has 0 aliphatic heterocycles. The Labute approximate surface area is 159 Å². The fourth-order valence-electron chi connectivity index (χ4n) is 2.24. The molecule has 0 unspecified atom stereocenters. The van der Waals surface area contributed by atoms with Crippen LogP contribution in [0, 0.1) is 0 Å². The fourth-order valence-corrected chi connectivity index (χ4v) is 3.50. The minimum Gasteiger partial charge on any atom is -0.378 e. The number of anilines is 1. The van der Waals surface area contributed by atoms with Gasteiger partial charge in [-0.15, -0.1) is 0 Å². The van der Waals surface area contributed by atoms with Gasteiger partial charge in [0.2, 0.25) is 15.9 Å². The van der Waals surface area contributed by atoms with E-state index in [1.807, 2.05) is 43.3 Å². The van der Waals surface area contributed by atoms with Gasteiger partial charge in [-0.3, -0.25) is 4.79 Å². The Balaban J connectivity index is 1.93. The molecule has 26 heavy (non-hydrogen) atoms. The molecular formula is C18H22ClN3O3S. The van der Waals surface area contributed by atoms with Gasteiger partial charge in [-0.1, -0.05) is 23.7 Å². The van der Waals surface area contributed by atoms with Crippen LogP contribution in [0.15, 0.2) is 53.4 Å². The first-order valence-electron chi connectivity index (χ1n) is 7.95. The predicted octanol–water partition coefficient (Wildman–Crippen LogP) is 2.34. The van der Waals surface area contributed by atoms with Crippen LogP contribution in [0.3, 0.4) is 0 Å². The maximum Gasteiger partial charge on any atom is 0.243 e. The second kappa shape index (κ2) is 8.53. The van der Waals surface area contributed by atoms with Crippen molar-refractivity contribution in [3.8, 4) is 0 Å². The average molecular weight is 396 g/mol. The van der Waals surface area contributed by atoms with Gasteiger partial charge in [0.05, 0.1) is 11.4 Å². The molecule has 0 heterocycles. The molecule has 8 heteroatoms. The fraction of sp³-hybridized carbons (Fsp3) is 0.278. The van der Waals surface area contributed by atoms with Crippen molar-refractivity contribution in [2.45, 2.75) is 11.4 Å². The molecular weight excluding hydrogens is 374 g/mol. The van der Waals surface area contributed by atoms with Crippen LogP contribution in [-0.4, -0.2) is 46.3 Å². The lowest BCUT2D eigenvalue weighted by Gasteiger charge is -2.17. The van der Waals surface area contributed by atoms with E-state index in [0.29, 0.717) is 11.6 Å². The number of carbonyl (C=O) groups is 1. The summed E-state index contributed by atoms with van der Waals surface area (Å²) in [5.74, 6) is -0.373. The molecule has 1 N–H and O–H groups in total.